The highest BCUT2D eigenvalue weighted by molar-refractivity contribution is 7.19. The van der Waals surface area contributed by atoms with E-state index in [2.05, 4.69) is 10.6 Å². The lowest BCUT2D eigenvalue weighted by atomic mass is 10.1. The van der Waals surface area contributed by atoms with Gasteiger partial charge in [0.05, 0.1) is 10.4 Å². The first-order valence-corrected chi connectivity index (χ1v) is 9.94. The number of thiophene rings is 1. The molecule has 2 aromatic carbocycles. The van der Waals surface area contributed by atoms with Crippen molar-refractivity contribution in [1.82, 2.24) is 10.6 Å². The Kier molecular flexibility index (Phi) is 5.44. The molecule has 1 atom stereocenters. The second-order valence-electron chi connectivity index (χ2n) is 6.68. The Labute approximate surface area is 169 Å². The van der Waals surface area contributed by atoms with Crippen molar-refractivity contribution in [1.29, 1.82) is 0 Å². The highest BCUT2D eigenvalue weighted by atomic mass is 32.1. The summed E-state index contributed by atoms with van der Waals surface area (Å²) in [7, 11) is 0. The Morgan fingerprint density at radius 1 is 1.24 bits per heavy atom. The first-order chi connectivity index (χ1) is 14.0. The fourth-order valence-electron chi connectivity index (χ4n) is 3.28. The lowest BCUT2D eigenvalue weighted by Crippen LogP contribution is -2.40. The van der Waals surface area contributed by atoms with Gasteiger partial charge in [-0.25, -0.2) is 8.78 Å². The predicted octanol–water partition coefficient (Wildman–Crippen LogP) is 4.04. The molecule has 2 heterocycles. The molecular formula is C21H18F2N2O3S. The quantitative estimate of drug-likeness (QED) is 0.638. The summed E-state index contributed by atoms with van der Waals surface area (Å²) in [6, 6.07) is 13.8. The summed E-state index contributed by atoms with van der Waals surface area (Å²) in [6.07, 6.45) is -2.36. The number of ether oxygens (including phenoxy) is 1. The first-order valence-electron chi connectivity index (χ1n) is 9.13. The lowest BCUT2D eigenvalue weighted by molar-refractivity contribution is -0.120. The summed E-state index contributed by atoms with van der Waals surface area (Å²) in [5, 5.41) is 5.59. The standard InChI is InChI=1S/C21H18F2N2O3S/c22-19(23)18-17(21(27)25-15-8-9-24-20(15)26)14-10-13(6-7-16(14)29-18)28-11-12-4-2-1-3-5-12/h1-7,10,15,19H,8-9,11H2,(H,24,26)(H,25,27). The van der Waals surface area contributed by atoms with E-state index >= 15 is 0 Å². The third-order valence-electron chi connectivity index (χ3n) is 4.71. The fraction of sp³-hybridized carbons (Fsp3) is 0.238. The molecule has 1 aliphatic heterocycles. The molecule has 150 valence electrons. The van der Waals surface area contributed by atoms with Crippen molar-refractivity contribution in [3.05, 3.63) is 64.5 Å². The van der Waals surface area contributed by atoms with Gasteiger partial charge in [0.25, 0.3) is 12.3 Å². The third-order valence-corrected chi connectivity index (χ3v) is 5.89. The van der Waals surface area contributed by atoms with Gasteiger partial charge < -0.3 is 15.4 Å². The molecule has 4 rings (SSSR count). The summed E-state index contributed by atoms with van der Waals surface area (Å²) in [5.41, 5.74) is 0.876. The minimum Gasteiger partial charge on any atom is -0.489 e. The molecule has 29 heavy (non-hydrogen) atoms. The monoisotopic (exact) mass is 416 g/mol. The maximum absolute atomic E-state index is 13.6. The number of hydrogen-bond donors (Lipinski definition) is 2. The average Bonchev–Trinajstić information content (AvgIpc) is 3.30. The smallest absolute Gasteiger partial charge is 0.273 e. The molecule has 1 unspecified atom stereocenters. The van der Waals surface area contributed by atoms with Crippen molar-refractivity contribution < 1.29 is 23.1 Å². The Bertz CT molecular complexity index is 1050. The largest absolute Gasteiger partial charge is 0.489 e. The van der Waals surface area contributed by atoms with E-state index in [0.717, 1.165) is 16.9 Å². The van der Waals surface area contributed by atoms with Gasteiger partial charge in [-0.15, -0.1) is 11.3 Å². The van der Waals surface area contributed by atoms with Crippen LogP contribution >= 0.6 is 11.3 Å². The maximum Gasteiger partial charge on any atom is 0.273 e. The van der Waals surface area contributed by atoms with Gasteiger partial charge in [0.1, 0.15) is 18.4 Å². The van der Waals surface area contributed by atoms with E-state index in [1.165, 1.54) is 0 Å². The number of amides is 2. The molecule has 0 saturated carbocycles. The Hall–Kier alpha value is -3.00. The molecule has 5 nitrogen and oxygen atoms in total. The highest BCUT2D eigenvalue weighted by Crippen LogP contribution is 2.39. The minimum absolute atomic E-state index is 0.0927. The molecule has 0 bridgehead atoms. The zero-order chi connectivity index (χ0) is 20.4. The molecular weight excluding hydrogens is 398 g/mol. The lowest BCUT2D eigenvalue weighted by Gasteiger charge is -2.11. The van der Waals surface area contributed by atoms with Crippen LogP contribution in [0.2, 0.25) is 0 Å². The van der Waals surface area contributed by atoms with Gasteiger partial charge in [-0.3, -0.25) is 9.59 Å². The van der Waals surface area contributed by atoms with Crippen LogP contribution in [0.5, 0.6) is 5.75 Å². The topological polar surface area (TPSA) is 67.4 Å². The maximum atomic E-state index is 13.6. The molecule has 3 aromatic rings. The van der Waals surface area contributed by atoms with Crippen molar-refractivity contribution in [3.63, 3.8) is 0 Å². The van der Waals surface area contributed by atoms with Gasteiger partial charge in [-0.05, 0) is 30.2 Å². The summed E-state index contributed by atoms with van der Waals surface area (Å²) in [5.74, 6) is -0.496. The van der Waals surface area contributed by atoms with Gasteiger partial charge in [-0.2, -0.15) is 0 Å². The number of fused-ring (bicyclic) bond motifs is 1. The van der Waals surface area contributed by atoms with Crippen LogP contribution in [-0.2, 0) is 11.4 Å². The normalized spacial score (nSPS) is 16.2. The van der Waals surface area contributed by atoms with Crippen LogP contribution in [0.3, 0.4) is 0 Å². The summed E-state index contributed by atoms with van der Waals surface area (Å²) < 4.78 is 33.6. The van der Waals surface area contributed by atoms with Crippen LogP contribution in [0.25, 0.3) is 10.1 Å². The number of rotatable bonds is 6. The molecule has 1 aromatic heterocycles. The van der Waals surface area contributed by atoms with Gasteiger partial charge in [0, 0.05) is 16.6 Å². The SMILES string of the molecule is O=C(NC1CCNC1=O)c1c(C(F)F)sc2ccc(OCc3ccccc3)cc12. The van der Waals surface area contributed by atoms with Crippen molar-refractivity contribution in [2.45, 2.75) is 25.5 Å². The van der Waals surface area contributed by atoms with Crippen LogP contribution in [0.4, 0.5) is 8.78 Å². The summed E-state index contributed by atoms with van der Waals surface area (Å²) in [4.78, 5) is 24.2. The van der Waals surface area contributed by atoms with Crippen molar-refractivity contribution in [3.8, 4) is 5.75 Å². The van der Waals surface area contributed by atoms with Crippen LogP contribution in [0.15, 0.2) is 48.5 Å². The van der Waals surface area contributed by atoms with E-state index in [0.29, 0.717) is 35.4 Å². The van der Waals surface area contributed by atoms with E-state index in [9.17, 15) is 18.4 Å². The van der Waals surface area contributed by atoms with E-state index < -0.39 is 18.4 Å². The van der Waals surface area contributed by atoms with E-state index in [1.807, 2.05) is 30.3 Å². The number of hydrogen-bond acceptors (Lipinski definition) is 4. The second-order valence-corrected chi connectivity index (χ2v) is 7.76. The van der Waals surface area contributed by atoms with Crippen LogP contribution in [-0.4, -0.2) is 24.4 Å². The van der Waals surface area contributed by atoms with Crippen molar-refractivity contribution >= 4 is 33.2 Å². The average molecular weight is 416 g/mol. The third kappa shape index (κ3) is 4.07. The van der Waals surface area contributed by atoms with Gasteiger partial charge in [-0.1, -0.05) is 30.3 Å². The Morgan fingerprint density at radius 3 is 2.72 bits per heavy atom. The fourth-order valence-corrected chi connectivity index (χ4v) is 4.31. The molecule has 8 heteroatoms. The Morgan fingerprint density at radius 2 is 2.03 bits per heavy atom. The summed E-state index contributed by atoms with van der Waals surface area (Å²) >= 11 is 0.875. The zero-order valence-electron chi connectivity index (χ0n) is 15.3. The second kappa shape index (κ2) is 8.16. The molecule has 0 spiro atoms. The number of halogens is 2. The predicted molar refractivity (Wildman–Crippen MR) is 106 cm³/mol. The van der Waals surface area contributed by atoms with Crippen LogP contribution < -0.4 is 15.4 Å². The number of carbonyl (C=O) groups is 2. The highest BCUT2D eigenvalue weighted by Gasteiger charge is 2.30. The number of benzene rings is 2. The van der Waals surface area contributed by atoms with Crippen molar-refractivity contribution in [2.24, 2.45) is 0 Å². The van der Waals surface area contributed by atoms with Crippen molar-refractivity contribution in [2.75, 3.05) is 6.54 Å². The van der Waals surface area contributed by atoms with E-state index in [4.69, 9.17) is 4.74 Å². The molecule has 1 saturated heterocycles. The number of alkyl halides is 2. The minimum atomic E-state index is -2.79. The molecule has 1 fully saturated rings. The molecule has 0 radical (unpaired) electrons. The Balaban J connectivity index is 1.64. The molecule has 1 aliphatic rings. The zero-order valence-corrected chi connectivity index (χ0v) is 16.1. The summed E-state index contributed by atoms with van der Waals surface area (Å²) in [6.45, 7) is 0.773. The number of nitrogens with one attached hydrogen (secondary N) is 2. The molecule has 2 N–H and O–H groups in total. The first kappa shape index (κ1) is 19.3. The van der Waals surface area contributed by atoms with E-state index in [-0.39, 0.29) is 16.3 Å². The molecule has 0 aliphatic carbocycles. The van der Waals surface area contributed by atoms with Crippen LogP contribution in [0, 0.1) is 0 Å². The van der Waals surface area contributed by atoms with Gasteiger partial charge in [0.2, 0.25) is 5.91 Å². The van der Waals surface area contributed by atoms with E-state index in [1.54, 1.807) is 18.2 Å². The van der Waals surface area contributed by atoms with Gasteiger partial charge in [0.15, 0.2) is 0 Å². The number of carbonyl (C=O) groups excluding carboxylic acids is 2. The molecule has 2 amide bonds. The van der Waals surface area contributed by atoms with Crippen LogP contribution in [0.1, 0.15) is 33.6 Å². The van der Waals surface area contributed by atoms with Gasteiger partial charge >= 0.3 is 0 Å².